The third kappa shape index (κ3) is 4.34. The Morgan fingerprint density at radius 3 is 2.04 bits per heavy atom. The molecule has 0 radical (unpaired) electrons. The Morgan fingerprint density at radius 2 is 1.48 bits per heavy atom. The zero-order valence-corrected chi connectivity index (χ0v) is 16.0. The molecule has 3 fully saturated rings. The highest BCUT2D eigenvalue weighted by atomic mass is 16.2. The van der Waals surface area contributed by atoms with Gasteiger partial charge in [0.2, 0.25) is 11.8 Å². The summed E-state index contributed by atoms with van der Waals surface area (Å²) in [5.74, 6) is 0.789. The molecule has 0 aromatic carbocycles. The van der Waals surface area contributed by atoms with Gasteiger partial charge in [-0.05, 0) is 52.2 Å². The van der Waals surface area contributed by atoms with Gasteiger partial charge in [0.25, 0.3) is 0 Å². The highest BCUT2D eigenvalue weighted by Gasteiger charge is 2.34. The molecule has 6 heteroatoms. The van der Waals surface area contributed by atoms with Crippen molar-refractivity contribution >= 4 is 11.8 Å². The Morgan fingerprint density at radius 1 is 0.880 bits per heavy atom. The summed E-state index contributed by atoms with van der Waals surface area (Å²) in [6.07, 6.45) is 4.11. The summed E-state index contributed by atoms with van der Waals surface area (Å²) in [6, 6.07) is -0.0592. The molecule has 0 aromatic rings. The Kier molecular flexibility index (Phi) is 6.34. The lowest BCUT2D eigenvalue weighted by Gasteiger charge is -2.40. The van der Waals surface area contributed by atoms with E-state index in [1.165, 1.54) is 0 Å². The van der Waals surface area contributed by atoms with Gasteiger partial charge >= 0.3 is 0 Å². The SMILES string of the molecule is CCN1CCN(C(=O)C(C)N2CCC(C(=O)N3CCCC3)CC2)CC1. The fraction of sp³-hybridized carbons (Fsp3) is 0.895. The average Bonchev–Trinajstić information content (AvgIpc) is 3.21. The summed E-state index contributed by atoms with van der Waals surface area (Å²) in [6.45, 7) is 12.6. The third-order valence-electron chi connectivity index (χ3n) is 6.33. The standard InChI is InChI=1S/C19H34N4O2/c1-3-20-12-14-23(15-13-20)18(24)16(2)21-10-6-17(7-11-21)19(25)22-8-4-5-9-22/h16-17H,3-15H2,1-2H3. The molecule has 6 nitrogen and oxygen atoms in total. The fourth-order valence-electron chi connectivity index (χ4n) is 4.43. The van der Waals surface area contributed by atoms with E-state index in [1.807, 2.05) is 16.7 Å². The Hall–Kier alpha value is -1.14. The number of carbonyl (C=O) groups is 2. The van der Waals surface area contributed by atoms with E-state index < -0.39 is 0 Å². The normalized spacial score (nSPS) is 25.4. The maximum atomic E-state index is 12.8. The van der Waals surface area contributed by atoms with Crippen LogP contribution in [0.2, 0.25) is 0 Å². The Balaban J connectivity index is 1.45. The van der Waals surface area contributed by atoms with Crippen LogP contribution in [0.3, 0.4) is 0 Å². The van der Waals surface area contributed by atoms with Gasteiger partial charge in [-0.15, -0.1) is 0 Å². The summed E-state index contributed by atoms with van der Waals surface area (Å²) in [4.78, 5) is 34.1. The van der Waals surface area contributed by atoms with E-state index in [0.29, 0.717) is 5.91 Å². The molecule has 0 aliphatic carbocycles. The maximum Gasteiger partial charge on any atom is 0.239 e. The van der Waals surface area contributed by atoms with Crippen LogP contribution in [-0.2, 0) is 9.59 Å². The van der Waals surface area contributed by atoms with Gasteiger partial charge in [0.05, 0.1) is 6.04 Å². The summed E-state index contributed by atoms with van der Waals surface area (Å²) in [7, 11) is 0. The maximum absolute atomic E-state index is 12.8. The lowest BCUT2D eigenvalue weighted by molar-refractivity contribution is -0.140. The van der Waals surface area contributed by atoms with Crippen molar-refractivity contribution in [1.29, 1.82) is 0 Å². The minimum Gasteiger partial charge on any atom is -0.342 e. The van der Waals surface area contributed by atoms with Crippen LogP contribution in [0.25, 0.3) is 0 Å². The molecule has 1 atom stereocenters. The van der Waals surface area contributed by atoms with E-state index in [9.17, 15) is 9.59 Å². The molecule has 3 aliphatic rings. The molecule has 142 valence electrons. The van der Waals surface area contributed by atoms with Crippen molar-refractivity contribution in [1.82, 2.24) is 19.6 Å². The van der Waals surface area contributed by atoms with Crippen LogP contribution in [0.15, 0.2) is 0 Å². The second-order valence-electron chi connectivity index (χ2n) is 7.78. The van der Waals surface area contributed by atoms with Crippen molar-refractivity contribution in [3.8, 4) is 0 Å². The number of amides is 2. The van der Waals surface area contributed by atoms with Gasteiger partial charge in [0.15, 0.2) is 0 Å². The minimum absolute atomic E-state index is 0.0592. The molecule has 3 rings (SSSR count). The predicted octanol–water partition coefficient (Wildman–Crippen LogP) is 0.873. The molecule has 2 amide bonds. The average molecular weight is 351 g/mol. The van der Waals surface area contributed by atoms with Gasteiger partial charge in [-0.3, -0.25) is 14.5 Å². The van der Waals surface area contributed by atoms with Crippen molar-refractivity contribution in [3.05, 3.63) is 0 Å². The number of carbonyl (C=O) groups excluding carboxylic acids is 2. The number of rotatable bonds is 4. The second kappa shape index (κ2) is 8.49. The van der Waals surface area contributed by atoms with E-state index in [2.05, 4.69) is 16.7 Å². The minimum atomic E-state index is -0.0592. The smallest absolute Gasteiger partial charge is 0.239 e. The lowest BCUT2D eigenvalue weighted by Crippen LogP contribution is -2.55. The van der Waals surface area contributed by atoms with Gasteiger partial charge in [0.1, 0.15) is 0 Å². The first kappa shape index (κ1) is 18.6. The highest BCUT2D eigenvalue weighted by molar-refractivity contribution is 5.82. The van der Waals surface area contributed by atoms with Crippen LogP contribution in [0, 0.1) is 5.92 Å². The topological polar surface area (TPSA) is 47.1 Å². The number of likely N-dealkylation sites (tertiary alicyclic amines) is 2. The molecule has 0 N–H and O–H groups in total. The number of nitrogens with zero attached hydrogens (tertiary/aromatic N) is 4. The van der Waals surface area contributed by atoms with E-state index in [1.54, 1.807) is 0 Å². The predicted molar refractivity (Wildman–Crippen MR) is 98.3 cm³/mol. The van der Waals surface area contributed by atoms with E-state index in [0.717, 1.165) is 84.6 Å². The third-order valence-corrected chi connectivity index (χ3v) is 6.33. The zero-order chi connectivity index (χ0) is 17.8. The molecule has 3 saturated heterocycles. The van der Waals surface area contributed by atoms with E-state index >= 15 is 0 Å². The lowest BCUT2D eigenvalue weighted by atomic mass is 9.94. The van der Waals surface area contributed by atoms with Crippen LogP contribution in [-0.4, -0.2) is 96.4 Å². The van der Waals surface area contributed by atoms with Crippen LogP contribution in [0.1, 0.15) is 39.5 Å². The Bertz CT molecular complexity index is 462. The van der Waals surface area contributed by atoms with Crippen LogP contribution >= 0.6 is 0 Å². The van der Waals surface area contributed by atoms with Gasteiger partial charge < -0.3 is 14.7 Å². The summed E-state index contributed by atoms with van der Waals surface area (Å²) in [5.41, 5.74) is 0. The van der Waals surface area contributed by atoms with Crippen LogP contribution < -0.4 is 0 Å². The Labute approximate surface area is 152 Å². The van der Waals surface area contributed by atoms with Gasteiger partial charge in [-0.25, -0.2) is 0 Å². The molecule has 25 heavy (non-hydrogen) atoms. The summed E-state index contributed by atoms with van der Waals surface area (Å²) < 4.78 is 0. The van der Waals surface area contributed by atoms with Crippen LogP contribution in [0.4, 0.5) is 0 Å². The van der Waals surface area contributed by atoms with Gasteiger partial charge in [-0.2, -0.15) is 0 Å². The second-order valence-corrected chi connectivity index (χ2v) is 7.78. The summed E-state index contributed by atoms with van der Waals surface area (Å²) in [5, 5.41) is 0. The van der Waals surface area contributed by atoms with Crippen molar-refractivity contribution in [2.45, 2.75) is 45.6 Å². The monoisotopic (exact) mass is 350 g/mol. The first-order valence-corrected chi connectivity index (χ1v) is 10.1. The molecule has 1 unspecified atom stereocenters. The highest BCUT2D eigenvalue weighted by Crippen LogP contribution is 2.23. The largest absolute Gasteiger partial charge is 0.342 e. The number of piperidine rings is 1. The molecular formula is C19H34N4O2. The van der Waals surface area contributed by atoms with Crippen molar-refractivity contribution in [2.75, 3.05) is 58.9 Å². The number of hydrogen-bond donors (Lipinski definition) is 0. The molecule has 0 spiro atoms. The van der Waals surface area contributed by atoms with Gasteiger partial charge in [-0.1, -0.05) is 6.92 Å². The van der Waals surface area contributed by atoms with Crippen LogP contribution in [0.5, 0.6) is 0 Å². The molecular weight excluding hydrogens is 316 g/mol. The van der Waals surface area contributed by atoms with E-state index in [4.69, 9.17) is 0 Å². The first-order chi connectivity index (χ1) is 12.1. The van der Waals surface area contributed by atoms with E-state index in [-0.39, 0.29) is 17.9 Å². The van der Waals surface area contributed by atoms with Gasteiger partial charge in [0, 0.05) is 45.2 Å². The molecule has 0 aromatic heterocycles. The summed E-state index contributed by atoms with van der Waals surface area (Å²) >= 11 is 0. The van der Waals surface area contributed by atoms with Crippen molar-refractivity contribution in [3.63, 3.8) is 0 Å². The van der Waals surface area contributed by atoms with Crippen molar-refractivity contribution < 1.29 is 9.59 Å². The number of hydrogen-bond acceptors (Lipinski definition) is 4. The fourth-order valence-corrected chi connectivity index (χ4v) is 4.43. The molecule has 0 saturated carbocycles. The molecule has 0 bridgehead atoms. The quantitative estimate of drug-likeness (QED) is 0.755. The number of piperazine rings is 1. The number of likely N-dealkylation sites (N-methyl/N-ethyl adjacent to an activating group) is 1. The first-order valence-electron chi connectivity index (χ1n) is 10.1. The zero-order valence-electron chi connectivity index (χ0n) is 16.0. The molecule has 3 heterocycles. The van der Waals surface area contributed by atoms with Crippen molar-refractivity contribution in [2.24, 2.45) is 5.92 Å². The molecule has 3 aliphatic heterocycles.